The molecule has 0 aliphatic carbocycles. The lowest BCUT2D eigenvalue weighted by atomic mass is 10.1. The molecule has 168 valence electrons. The summed E-state index contributed by atoms with van der Waals surface area (Å²) in [6.07, 6.45) is 0. The van der Waals surface area contributed by atoms with Crippen molar-refractivity contribution in [3.63, 3.8) is 0 Å². The van der Waals surface area contributed by atoms with Gasteiger partial charge < -0.3 is 10.2 Å². The van der Waals surface area contributed by atoms with E-state index in [1.165, 1.54) is 16.7 Å². The number of aryl methyl sites for hydroxylation is 3. The molecule has 0 bridgehead atoms. The third kappa shape index (κ3) is 8.06. The predicted octanol–water partition coefficient (Wildman–Crippen LogP) is 5.03. The van der Waals surface area contributed by atoms with Gasteiger partial charge in [-0.05, 0) is 50.3 Å². The van der Waals surface area contributed by atoms with Crippen LogP contribution in [0.1, 0.15) is 48.6 Å². The molecule has 0 aliphatic rings. The summed E-state index contributed by atoms with van der Waals surface area (Å²) in [5, 5.41) is 2.97. The van der Waals surface area contributed by atoms with Crippen LogP contribution < -0.4 is 5.32 Å². The van der Waals surface area contributed by atoms with Gasteiger partial charge in [0.05, 0.1) is 5.75 Å². The first-order valence-electron chi connectivity index (χ1n) is 10.9. The molecule has 0 aliphatic heterocycles. The summed E-state index contributed by atoms with van der Waals surface area (Å²) in [6.45, 7) is 13.2. The van der Waals surface area contributed by atoms with Gasteiger partial charge in [-0.1, -0.05) is 67.4 Å². The van der Waals surface area contributed by atoms with Gasteiger partial charge in [0.2, 0.25) is 11.8 Å². The Morgan fingerprint density at radius 1 is 1.00 bits per heavy atom. The van der Waals surface area contributed by atoms with Crippen molar-refractivity contribution in [1.82, 2.24) is 10.2 Å². The molecule has 1 atom stereocenters. The van der Waals surface area contributed by atoms with E-state index in [1.807, 2.05) is 38.1 Å². The number of amides is 2. The van der Waals surface area contributed by atoms with E-state index in [0.717, 1.165) is 16.9 Å². The summed E-state index contributed by atoms with van der Waals surface area (Å²) in [5.74, 6) is 1.38. The summed E-state index contributed by atoms with van der Waals surface area (Å²) < 4.78 is 0. The van der Waals surface area contributed by atoms with Crippen LogP contribution in [0.2, 0.25) is 0 Å². The molecule has 0 saturated heterocycles. The topological polar surface area (TPSA) is 49.4 Å². The van der Waals surface area contributed by atoms with Crippen LogP contribution in [0.15, 0.2) is 42.5 Å². The fourth-order valence-electron chi connectivity index (χ4n) is 3.50. The molecule has 2 aromatic carbocycles. The van der Waals surface area contributed by atoms with E-state index in [9.17, 15) is 9.59 Å². The highest BCUT2D eigenvalue weighted by atomic mass is 32.2. The Balaban J connectivity index is 2.09. The Bertz CT molecular complexity index is 874. The van der Waals surface area contributed by atoms with Crippen LogP contribution in [0.5, 0.6) is 0 Å². The van der Waals surface area contributed by atoms with Crippen LogP contribution in [0.25, 0.3) is 0 Å². The van der Waals surface area contributed by atoms with Crippen LogP contribution in [-0.2, 0) is 21.9 Å². The van der Waals surface area contributed by atoms with Crippen molar-refractivity contribution in [2.24, 2.45) is 5.92 Å². The fraction of sp³-hybridized carbons (Fsp3) is 0.462. The van der Waals surface area contributed by atoms with Gasteiger partial charge in [-0.25, -0.2) is 0 Å². The third-order valence-corrected chi connectivity index (χ3v) is 6.22. The molecular formula is C26H36N2O2S. The Hall–Kier alpha value is -2.27. The summed E-state index contributed by atoms with van der Waals surface area (Å²) in [7, 11) is 0. The SMILES string of the molecule is Cc1cc(C)cc(CSCC(=O)N(Cc2ccccc2C)C(C)C(=O)NCC(C)C)c1. The Kier molecular flexibility index (Phi) is 9.63. The number of thioether (sulfide) groups is 1. The maximum atomic E-state index is 13.2. The Morgan fingerprint density at radius 2 is 1.65 bits per heavy atom. The fourth-order valence-corrected chi connectivity index (χ4v) is 4.34. The molecule has 0 spiro atoms. The zero-order valence-corrected chi connectivity index (χ0v) is 20.5. The summed E-state index contributed by atoms with van der Waals surface area (Å²) >= 11 is 1.60. The van der Waals surface area contributed by atoms with Gasteiger partial charge in [0, 0.05) is 18.8 Å². The van der Waals surface area contributed by atoms with Gasteiger partial charge in [-0.15, -0.1) is 11.8 Å². The van der Waals surface area contributed by atoms with Crippen molar-refractivity contribution in [2.75, 3.05) is 12.3 Å². The highest BCUT2D eigenvalue weighted by molar-refractivity contribution is 7.99. The monoisotopic (exact) mass is 440 g/mol. The van der Waals surface area contributed by atoms with E-state index < -0.39 is 6.04 Å². The van der Waals surface area contributed by atoms with Gasteiger partial charge in [-0.2, -0.15) is 0 Å². The Morgan fingerprint density at radius 3 is 2.26 bits per heavy atom. The van der Waals surface area contributed by atoms with Crippen LogP contribution in [0, 0.1) is 26.7 Å². The molecule has 0 heterocycles. The van der Waals surface area contributed by atoms with Crippen molar-refractivity contribution in [1.29, 1.82) is 0 Å². The standard InChI is InChI=1S/C26H36N2O2S/c1-18(2)14-27-26(30)22(6)28(15-24-10-8-7-9-21(24)5)25(29)17-31-16-23-12-19(3)11-20(4)13-23/h7-13,18,22H,14-17H2,1-6H3,(H,27,30). The van der Waals surface area contributed by atoms with Crippen molar-refractivity contribution in [3.8, 4) is 0 Å². The predicted molar refractivity (Wildman–Crippen MR) is 131 cm³/mol. The number of hydrogen-bond donors (Lipinski definition) is 1. The number of carbonyl (C=O) groups is 2. The summed E-state index contributed by atoms with van der Waals surface area (Å²) in [6, 6.07) is 14.0. The number of nitrogens with zero attached hydrogens (tertiary/aromatic N) is 1. The molecule has 1 N–H and O–H groups in total. The van der Waals surface area contributed by atoms with Crippen LogP contribution in [0.4, 0.5) is 0 Å². The van der Waals surface area contributed by atoms with E-state index >= 15 is 0 Å². The van der Waals surface area contributed by atoms with E-state index in [1.54, 1.807) is 16.7 Å². The van der Waals surface area contributed by atoms with Crippen molar-refractivity contribution in [2.45, 2.75) is 59.9 Å². The molecule has 2 rings (SSSR count). The third-order valence-electron chi connectivity index (χ3n) is 5.23. The maximum absolute atomic E-state index is 13.2. The minimum absolute atomic E-state index is 0.00942. The average molecular weight is 441 g/mol. The normalized spacial score (nSPS) is 12.0. The Labute approximate surface area is 191 Å². The molecule has 31 heavy (non-hydrogen) atoms. The number of nitrogens with one attached hydrogen (secondary N) is 1. The number of benzene rings is 2. The minimum atomic E-state index is -0.521. The second-order valence-electron chi connectivity index (χ2n) is 8.75. The molecule has 1 unspecified atom stereocenters. The minimum Gasteiger partial charge on any atom is -0.354 e. The molecule has 0 aromatic heterocycles. The number of carbonyl (C=O) groups excluding carboxylic acids is 2. The first-order valence-corrected chi connectivity index (χ1v) is 12.1. The smallest absolute Gasteiger partial charge is 0.242 e. The first-order chi connectivity index (χ1) is 14.7. The van der Waals surface area contributed by atoms with Crippen molar-refractivity contribution in [3.05, 3.63) is 70.3 Å². The zero-order chi connectivity index (χ0) is 23.0. The van der Waals surface area contributed by atoms with Crippen LogP contribution >= 0.6 is 11.8 Å². The quantitative estimate of drug-likeness (QED) is 0.563. The van der Waals surface area contributed by atoms with E-state index in [4.69, 9.17) is 0 Å². The van der Waals surface area contributed by atoms with Gasteiger partial charge in [0.1, 0.15) is 6.04 Å². The average Bonchev–Trinajstić information content (AvgIpc) is 2.70. The number of hydrogen-bond acceptors (Lipinski definition) is 3. The molecule has 2 aromatic rings. The molecule has 0 fully saturated rings. The highest BCUT2D eigenvalue weighted by Gasteiger charge is 2.26. The molecule has 2 amide bonds. The molecule has 4 nitrogen and oxygen atoms in total. The molecular weight excluding hydrogens is 404 g/mol. The lowest BCUT2D eigenvalue weighted by Gasteiger charge is -2.29. The van der Waals surface area contributed by atoms with Crippen molar-refractivity contribution >= 4 is 23.6 Å². The first kappa shape index (κ1) is 25.0. The largest absolute Gasteiger partial charge is 0.354 e. The number of rotatable bonds is 10. The second kappa shape index (κ2) is 11.9. The second-order valence-corrected chi connectivity index (χ2v) is 9.74. The summed E-state index contributed by atoms with van der Waals surface area (Å²) in [5.41, 5.74) is 5.89. The zero-order valence-electron chi connectivity index (χ0n) is 19.7. The molecule has 0 saturated carbocycles. The van der Waals surface area contributed by atoms with Gasteiger partial charge >= 0.3 is 0 Å². The van der Waals surface area contributed by atoms with E-state index in [2.05, 4.69) is 51.2 Å². The van der Waals surface area contributed by atoms with Gasteiger partial charge in [-0.3, -0.25) is 9.59 Å². The van der Waals surface area contributed by atoms with Crippen LogP contribution in [-0.4, -0.2) is 35.1 Å². The van der Waals surface area contributed by atoms with Crippen molar-refractivity contribution < 1.29 is 9.59 Å². The highest BCUT2D eigenvalue weighted by Crippen LogP contribution is 2.19. The van der Waals surface area contributed by atoms with E-state index in [-0.39, 0.29) is 11.8 Å². The maximum Gasteiger partial charge on any atom is 0.242 e. The summed E-state index contributed by atoms with van der Waals surface area (Å²) in [4.78, 5) is 27.6. The van der Waals surface area contributed by atoms with E-state index in [0.29, 0.717) is 24.8 Å². The van der Waals surface area contributed by atoms with Crippen LogP contribution in [0.3, 0.4) is 0 Å². The lowest BCUT2D eigenvalue weighted by Crippen LogP contribution is -2.48. The lowest BCUT2D eigenvalue weighted by molar-refractivity contribution is -0.138. The van der Waals surface area contributed by atoms with Gasteiger partial charge in [0.25, 0.3) is 0 Å². The molecule has 5 heteroatoms. The molecule has 0 radical (unpaired) electrons. The van der Waals surface area contributed by atoms with Gasteiger partial charge in [0.15, 0.2) is 0 Å².